The van der Waals surface area contributed by atoms with Crippen LogP contribution in [-0.4, -0.2) is 19.3 Å². The fourth-order valence-corrected chi connectivity index (χ4v) is 2.73. The zero-order chi connectivity index (χ0) is 15.5. The molecule has 0 bridgehead atoms. The number of sulfone groups is 1. The van der Waals surface area contributed by atoms with Crippen LogP contribution in [0.5, 0.6) is 5.75 Å². The summed E-state index contributed by atoms with van der Waals surface area (Å²) in [5, 5.41) is 12.1. The number of phenolic OH excluding ortho intramolecular Hbond substituents is 1. The zero-order valence-corrected chi connectivity index (χ0v) is 11.6. The maximum absolute atomic E-state index is 12.6. The van der Waals surface area contributed by atoms with Gasteiger partial charge in [0, 0.05) is 6.54 Å². The zero-order valence-electron chi connectivity index (χ0n) is 10.8. The van der Waals surface area contributed by atoms with Gasteiger partial charge < -0.3 is 10.4 Å². The maximum Gasteiger partial charge on any atom is 0.341 e. The van der Waals surface area contributed by atoms with E-state index in [0.717, 1.165) is 6.07 Å². The summed E-state index contributed by atoms with van der Waals surface area (Å²) in [7, 11) is -4.67. The highest BCUT2D eigenvalue weighted by molar-refractivity contribution is 7.91. The Bertz CT molecular complexity index is 733. The van der Waals surface area contributed by atoms with Crippen LogP contribution in [-0.2, 0) is 16.4 Å². The molecule has 0 aromatic heterocycles. The van der Waals surface area contributed by atoms with Crippen molar-refractivity contribution < 1.29 is 22.3 Å². The van der Waals surface area contributed by atoms with E-state index >= 15 is 0 Å². The van der Waals surface area contributed by atoms with Gasteiger partial charge in [0.15, 0.2) is 0 Å². The molecule has 21 heavy (non-hydrogen) atoms. The average Bonchev–Trinajstić information content (AvgIpc) is 2.45. The first-order chi connectivity index (χ1) is 9.91. The van der Waals surface area contributed by atoms with Crippen molar-refractivity contribution in [1.82, 2.24) is 0 Å². The summed E-state index contributed by atoms with van der Waals surface area (Å²) in [5.41, 5.74) is 0.792. The minimum atomic E-state index is -4.67. The van der Waals surface area contributed by atoms with Crippen molar-refractivity contribution in [2.24, 2.45) is 0 Å². The lowest BCUT2D eigenvalue weighted by atomic mass is 10.2. The van der Waals surface area contributed by atoms with E-state index in [1.165, 1.54) is 24.3 Å². The molecule has 0 aliphatic heterocycles. The molecule has 0 aliphatic carbocycles. The molecule has 0 spiro atoms. The maximum atomic E-state index is 12.6. The molecule has 0 atom stereocenters. The van der Waals surface area contributed by atoms with Crippen molar-refractivity contribution in [3.63, 3.8) is 0 Å². The van der Waals surface area contributed by atoms with Crippen LogP contribution in [0.2, 0.25) is 0 Å². The van der Waals surface area contributed by atoms with Crippen LogP contribution in [0.15, 0.2) is 53.4 Å². The Balaban J connectivity index is 2.26. The Labute approximate surface area is 121 Å². The Morgan fingerprint density at radius 1 is 1.10 bits per heavy atom. The van der Waals surface area contributed by atoms with E-state index < -0.39 is 20.5 Å². The molecular weight excluding hydrogens is 300 g/mol. The second-order valence-corrected chi connectivity index (χ2v) is 6.21. The number of hydrogen-bond acceptors (Lipinski definition) is 4. The van der Waals surface area contributed by atoms with Gasteiger partial charge in [-0.2, -0.15) is 8.78 Å². The van der Waals surface area contributed by atoms with Gasteiger partial charge in [0.1, 0.15) is 5.75 Å². The number of nitrogens with one attached hydrogen (secondary N) is 1. The number of anilines is 1. The van der Waals surface area contributed by atoms with Gasteiger partial charge in [0.05, 0.1) is 10.6 Å². The number of para-hydroxylation sites is 1. The number of alkyl halides is 2. The van der Waals surface area contributed by atoms with E-state index in [9.17, 15) is 22.3 Å². The van der Waals surface area contributed by atoms with Gasteiger partial charge in [-0.15, -0.1) is 0 Å². The fraction of sp³-hybridized carbons (Fsp3) is 0.143. The van der Waals surface area contributed by atoms with E-state index in [1.54, 1.807) is 18.2 Å². The van der Waals surface area contributed by atoms with E-state index in [2.05, 4.69) is 5.32 Å². The van der Waals surface area contributed by atoms with E-state index in [0.29, 0.717) is 5.56 Å². The molecule has 0 aliphatic rings. The van der Waals surface area contributed by atoms with E-state index in [1.807, 2.05) is 0 Å². The minimum absolute atomic E-state index is 0.0720. The van der Waals surface area contributed by atoms with Crippen LogP contribution in [0.1, 0.15) is 5.56 Å². The van der Waals surface area contributed by atoms with Crippen LogP contribution >= 0.6 is 0 Å². The number of benzene rings is 2. The molecule has 0 radical (unpaired) electrons. The first kappa shape index (κ1) is 15.2. The van der Waals surface area contributed by atoms with Crippen LogP contribution in [0, 0.1) is 0 Å². The van der Waals surface area contributed by atoms with Gasteiger partial charge in [-0.3, -0.25) is 0 Å². The molecule has 2 N–H and O–H groups in total. The monoisotopic (exact) mass is 313 g/mol. The summed E-state index contributed by atoms with van der Waals surface area (Å²) >= 11 is 0. The Morgan fingerprint density at radius 3 is 2.48 bits per heavy atom. The molecule has 0 amide bonds. The minimum Gasteiger partial charge on any atom is -0.508 e. The Morgan fingerprint density at radius 2 is 1.81 bits per heavy atom. The highest BCUT2D eigenvalue weighted by Crippen LogP contribution is 2.26. The third-order valence-corrected chi connectivity index (χ3v) is 4.26. The van der Waals surface area contributed by atoms with Crippen molar-refractivity contribution in [2.45, 2.75) is 17.2 Å². The SMILES string of the molecule is O=S(=O)(c1ccccc1NCc1cccc(O)c1)C(F)F. The fourth-order valence-electron chi connectivity index (χ4n) is 1.82. The predicted molar refractivity (Wildman–Crippen MR) is 75.1 cm³/mol. The third-order valence-electron chi connectivity index (χ3n) is 2.82. The van der Waals surface area contributed by atoms with Gasteiger partial charge in [-0.1, -0.05) is 24.3 Å². The number of phenols is 1. The summed E-state index contributed by atoms with van der Waals surface area (Å²) in [4.78, 5) is -0.444. The topological polar surface area (TPSA) is 66.4 Å². The lowest BCUT2D eigenvalue weighted by Crippen LogP contribution is -2.14. The number of halogens is 2. The summed E-state index contributed by atoms with van der Waals surface area (Å²) in [5.74, 6) is -3.40. The van der Waals surface area contributed by atoms with Gasteiger partial charge >= 0.3 is 5.76 Å². The third kappa shape index (κ3) is 3.49. The molecule has 0 saturated carbocycles. The van der Waals surface area contributed by atoms with Crippen molar-refractivity contribution in [2.75, 3.05) is 5.32 Å². The molecule has 4 nitrogen and oxygen atoms in total. The molecule has 2 rings (SSSR count). The van der Waals surface area contributed by atoms with Crippen LogP contribution in [0.25, 0.3) is 0 Å². The highest BCUT2D eigenvalue weighted by Gasteiger charge is 2.28. The van der Waals surface area contributed by atoms with E-state index in [4.69, 9.17) is 0 Å². The predicted octanol–water partition coefficient (Wildman–Crippen LogP) is 3.00. The average molecular weight is 313 g/mol. The molecule has 2 aromatic carbocycles. The quantitative estimate of drug-likeness (QED) is 0.890. The molecular formula is C14H13F2NO3S. The van der Waals surface area contributed by atoms with E-state index in [-0.39, 0.29) is 18.0 Å². The van der Waals surface area contributed by atoms with Crippen molar-refractivity contribution >= 4 is 15.5 Å². The Hall–Kier alpha value is -2.15. The standard InChI is InChI=1S/C14H13F2NO3S/c15-14(16)21(19,20)13-7-2-1-6-12(13)17-9-10-4-3-5-11(18)8-10/h1-8,14,17-18H,9H2. The second kappa shape index (κ2) is 6.09. The molecule has 2 aromatic rings. The smallest absolute Gasteiger partial charge is 0.341 e. The molecule has 7 heteroatoms. The lowest BCUT2D eigenvalue weighted by Gasteiger charge is -2.12. The van der Waals surface area contributed by atoms with Crippen molar-refractivity contribution in [3.05, 3.63) is 54.1 Å². The summed E-state index contributed by atoms with van der Waals surface area (Å²) in [6.45, 7) is 0.199. The van der Waals surface area contributed by atoms with Gasteiger partial charge in [-0.05, 0) is 29.8 Å². The van der Waals surface area contributed by atoms with Gasteiger partial charge in [-0.25, -0.2) is 8.42 Å². The van der Waals surface area contributed by atoms with Crippen LogP contribution < -0.4 is 5.32 Å². The van der Waals surface area contributed by atoms with Crippen LogP contribution in [0.3, 0.4) is 0 Å². The summed E-state index contributed by atoms with van der Waals surface area (Å²) in [6.07, 6.45) is 0. The van der Waals surface area contributed by atoms with Crippen molar-refractivity contribution in [3.8, 4) is 5.75 Å². The second-order valence-electron chi connectivity index (χ2n) is 4.33. The normalized spacial score (nSPS) is 11.6. The Kier molecular flexibility index (Phi) is 4.42. The number of hydrogen-bond donors (Lipinski definition) is 2. The lowest BCUT2D eigenvalue weighted by molar-refractivity contribution is 0.235. The molecule has 0 heterocycles. The molecule has 0 unspecified atom stereocenters. The van der Waals surface area contributed by atoms with Gasteiger partial charge in [0.25, 0.3) is 0 Å². The molecule has 112 valence electrons. The number of rotatable bonds is 5. The summed E-state index contributed by atoms with van der Waals surface area (Å²) in [6, 6.07) is 11.8. The number of aromatic hydroxyl groups is 1. The first-order valence-corrected chi connectivity index (χ1v) is 7.59. The first-order valence-electron chi connectivity index (χ1n) is 6.04. The molecule has 0 fully saturated rings. The summed E-state index contributed by atoms with van der Waals surface area (Å²) < 4.78 is 48.5. The van der Waals surface area contributed by atoms with Gasteiger partial charge in [0.2, 0.25) is 9.84 Å². The van der Waals surface area contributed by atoms with Crippen LogP contribution in [0.4, 0.5) is 14.5 Å². The largest absolute Gasteiger partial charge is 0.508 e. The molecule has 0 saturated heterocycles. The highest BCUT2D eigenvalue weighted by atomic mass is 32.2. The van der Waals surface area contributed by atoms with Crippen molar-refractivity contribution in [1.29, 1.82) is 0 Å².